The van der Waals surface area contributed by atoms with Crippen LogP contribution in [-0.2, 0) is 11.2 Å². The normalized spacial score (nSPS) is 13.3. The van der Waals surface area contributed by atoms with Gasteiger partial charge in [-0.05, 0) is 42.7 Å². The molecule has 4 aromatic rings. The van der Waals surface area contributed by atoms with E-state index in [4.69, 9.17) is 21.6 Å². The molecule has 4 nitrogen and oxygen atoms in total. The minimum absolute atomic E-state index is 0.0900. The Balaban J connectivity index is 1.46. The topological polar surface area (TPSA) is 46.1 Å². The number of nitrogens with zero attached hydrogens (tertiary/aromatic N) is 3. The average molecular weight is 446 g/mol. The molecule has 3 aromatic carbocycles. The lowest BCUT2D eigenvalue weighted by molar-refractivity contribution is -0.116. The highest BCUT2D eigenvalue weighted by Gasteiger charge is 2.22. The molecule has 0 saturated heterocycles. The summed E-state index contributed by atoms with van der Waals surface area (Å²) >= 11 is 7.69. The Hall–Kier alpha value is -2.89. The number of benzene rings is 3. The number of rotatable bonds is 4. The number of hydrogen-bond acceptors (Lipinski definition) is 4. The second-order valence-electron chi connectivity index (χ2n) is 7.45. The third-order valence-corrected chi connectivity index (χ3v) is 6.61. The summed E-state index contributed by atoms with van der Waals surface area (Å²) < 4.78 is 0. The molecule has 1 amide bonds. The molecule has 0 bridgehead atoms. The zero-order valence-electron chi connectivity index (χ0n) is 16.8. The van der Waals surface area contributed by atoms with Gasteiger partial charge >= 0.3 is 0 Å². The molecule has 0 fully saturated rings. The molecule has 0 N–H and O–H groups in total. The van der Waals surface area contributed by atoms with Crippen LogP contribution >= 0.6 is 23.4 Å². The van der Waals surface area contributed by atoms with E-state index in [0.717, 1.165) is 46.6 Å². The van der Waals surface area contributed by atoms with Gasteiger partial charge in [0.05, 0.1) is 11.3 Å². The van der Waals surface area contributed by atoms with Gasteiger partial charge in [-0.15, -0.1) is 0 Å². The van der Waals surface area contributed by atoms with E-state index in [1.807, 2.05) is 71.6 Å². The third kappa shape index (κ3) is 4.16. The molecule has 1 aliphatic heterocycles. The van der Waals surface area contributed by atoms with Gasteiger partial charge in [0.2, 0.25) is 5.91 Å². The van der Waals surface area contributed by atoms with E-state index in [0.29, 0.717) is 16.6 Å². The number of carbonyl (C=O) groups is 1. The van der Waals surface area contributed by atoms with Gasteiger partial charge < -0.3 is 4.90 Å². The predicted molar refractivity (Wildman–Crippen MR) is 128 cm³/mol. The third-order valence-electron chi connectivity index (χ3n) is 5.40. The van der Waals surface area contributed by atoms with Crippen LogP contribution in [0.4, 0.5) is 5.69 Å². The molecule has 0 unspecified atom stereocenters. The number of halogens is 1. The highest BCUT2D eigenvalue weighted by molar-refractivity contribution is 8.00. The number of para-hydroxylation sites is 1. The Morgan fingerprint density at radius 1 is 1.00 bits per heavy atom. The number of carbonyl (C=O) groups excluding carboxylic acids is 1. The first-order valence-electron chi connectivity index (χ1n) is 10.2. The van der Waals surface area contributed by atoms with Crippen LogP contribution in [0.2, 0.25) is 5.02 Å². The van der Waals surface area contributed by atoms with Crippen molar-refractivity contribution in [2.45, 2.75) is 17.9 Å². The predicted octanol–water partition coefficient (Wildman–Crippen LogP) is 6.02. The number of thioether (sulfide) groups is 1. The van der Waals surface area contributed by atoms with Gasteiger partial charge in [-0.25, -0.2) is 9.97 Å². The van der Waals surface area contributed by atoms with Crippen molar-refractivity contribution in [2.75, 3.05) is 17.2 Å². The summed E-state index contributed by atoms with van der Waals surface area (Å²) in [5.41, 5.74) is 4.02. The second kappa shape index (κ2) is 8.69. The molecule has 0 aliphatic carbocycles. The maximum Gasteiger partial charge on any atom is 0.237 e. The van der Waals surface area contributed by atoms with Crippen molar-refractivity contribution in [2.24, 2.45) is 0 Å². The number of aryl methyl sites for hydroxylation is 1. The van der Waals surface area contributed by atoms with Crippen molar-refractivity contribution in [1.29, 1.82) is 0 Å². The Morgan fingerprint density at radius 3 is 2.68 bits per heavy atom. The number of aromatic nitrogens is 2. The number of fused-ring (bicyclic) bond motifs is 2. The van der Waals surface area contributed by atoms with Crippen LogP contribution in [0, 0.1) is 0 Å². The van der Waals surface area contributed by atoms with E-state index in [-0.39, 0.29) is 5.91 Å². The fourth-order valence-corrected chi connectivity index (χ4v) is 4.96. The first-order valence-corrected chi connectivity index (χ1v) is 11.6. The maximum atomic E-state index is 13.1. The molecule has 5 rings (SSSR count). The van der Waals surface area contributed by atoms with E-state index < -0.39 is 0 Å². The van der Waals surface area contributed by atoms with Crippen molar-refractivity contribution in [3.8, 4) is 11.4 Å². The van der Waals surface area contributed by atoms with Gasteiger partial charge in [0.25, 0.3) is 0 Å². The van der Waals surface area contributed by atoms with Gasteiger partial charge in [-0.3, -0.25) is 4.79 Å². The van der Waals surface area contributed by atoms with Crippen molar-refractivity contribution < 1.29 is 4.79 Å². The summed E-state index contributed by atoms with van der Waals surface area (Å²) in [6.07, 6.45) is 2.00. The lowest BCUT2D eigenvalue weighted by Crippen LogP contribution is -2.36. The van der Waals surface area contributed by atoms with Crippen molar-refractivity contribution in [3.05, 3.63) is 83.4 Å². The lowest BCUT2D eigenvalue weighted by atomic mass is 10.0. The highest BCUT2D eigenvalue weighted by atomic mass is 35.5. The lowest BCUT2D eigenvalue weighted by Gasteiger charge is -2.29. The number of hydrogen-bond donors (Lipinski definition) is 0. The molecule has 6 heteroatoms. The molecule has 1 aromatic heterocycles. The quantitative estimate of drug-likeness (QED) is 0.284. The monoisotopic (exact) mass is 445 g/mol. The first kappa shape index (κ1) is 20.0. The highest BCUT2D eigenvalue weighted by Crippen LogP contribution is 2.32. The summed E-state index contributed by atoms with van der Waals surface area (Å²) in [5, 5.41) is 2.26. The molecule has 0 spiro atoms. The summed E-state index contributed by atoms with van der Waals surface area (Å²) in [4.78, 5) is 24.5. The van der Waals surface area contributed by atoms with Crippen molar-refractivity contribution >= 4 is 45.9 Å². The molecule has 0 atom stereocenters. The van der Waals surface area contributed by atoms with Crippen LogP contribution in [-0.4, -0.2) is 28.2 Å². The summed E-state index contributed by atoms with van der Waals surface area (Å²) in [6, 6.07) is 23.6. The van der Waals surface area contributed by atoms with Gasteiger partial charge in [0, 0.05) is 28.2 Å². The van der Waals surface area contributed by atoms with E-state index in [1.165, 1.54) is 17.3 Å². The zero-order valence-corrected chi connectivity index (χ0v) is 18.4. The van der Waals surface area contributed by atoms with Crippen molar-refractivity contribution in [1.82, 2.24) is 9.97 Å². The first-order chi connectivity index (χ1) is 15.2. The molecule has 0 saturated carbocycles. The minimum Gasteiger partial charge on any atom is -0.311 e. The number of anilines is 1. The average Bonchev–Trinajstić information content (AvgIpc) is 2.82. The Kier molecular flexibility index (Phi) is 5.62. The van der Waals surface area contributed by atoms with E-state index in [1.54, 1.807) is 0 Å². The van der Waals surface area contributed by atoms with Crippen molar-refractivity contribution in [3.63, 3.8) is 0 Å². The van der Waals surface area contributed by atoms with Crippen LogP contribution in [0.5, 0.6) is 0 Å². The van der Waals surface area contributed by atoms with Crippen LogP contribution in [0.25, 0.3) is 22.3 Å². The fraction of sp³-hybridized carbons (Fsp3) is 0.160. The molecule has 1 aliphatic rings. The van der Waals surface area contributed by atoms with Crippen LogP contribution in [0.1, 0.15) is 12.0 Å². The SMILES string of the molecule is O=C(CSc1nc(-c2ccccc2)nc2ccc(Cl)cc12)N1CCCc2ccccc21. The second-order valence-corrected chi connectivity index (χ2v) is 8.85. The Labute approximate surface area is 190 Å². The van der Waals surface area contributed by atoms with E-state index in [9.17, 15) is 4.79 Å². The van der Waals surface area contributed by atoms with E-state index >= 15 is 0 Å². The number of amides is 1. The van der Waals surface area contributed by atoms with Crippen LogP contribution in [0.15, 0.2) is 77.8 Å². The standard InChI is InChI=1S/C25H20ClN3OS/c26-19-12-13-21-20(15-19)25(28-24(27-21)18-8-2-1-3-9-18)31-16-23(30)29-14-6-10-17-7-4-5-11-22(17)29/h1-5,7-9,11-13,15H,6,10,14,16H2. The maximum absolute atomic E-state index is 13.1. The molecule has 31 heavy (non-hydrogen) atoms. The van der Waals surface area contributed by atoms with Crippen LogP contribution in [0.3, 0.4) is 0 Å². The Morgan fingerprint density at radius 2 is 1.81 bits per heavy atom. The van der Waals surface area contributed by atoms with Gasteiger partial charge in [-0.1, -0.05) is 71.9 Å². The van der Waals surface area contributed by atoms with Crippen LogP contribution < -0.4 is 4.90 Å². The molecule has 154 valence electrons. The summed E-state index contributed by atoms with van der Waals surface area (Å²) in [7, 11) is 0. The molecular formula is C25H20ClN3OS. The zero-order chi connectivity index (χ0) is 21.2. The summed E-state index contributed by atoms with van der Waals surface area (Å²) in [5.74, 6) is 1.04. The van der Waals surface area contributed by atoms with E-state index in [2.05, 4.69) is 6.07 Å². The fourth-order valence-electron chi connectivity index (χ4n) is 3.90. The molecular weight excluding hydrogens is 426 g/mol. The Bertz CT molecular complexity index is 1260. The van der Waals surface area contributed by atoms with Gasteiger partial charge in [0.15, 0.2) is 5.82 Å². The molecule has 2 heterocycles. The summed E-state index contributed by atoms with van der Waals surface area (Å²) in [6.45, 7) is 0.752. The largest absolute Gasteiger partial charge is 0.311 e. The van der Waals surface area contributed by atoms with Gasteiger partial charge in [0.1, 0.15) is 5.03 Å². The minimum atomic E-state index is 0.0900. The molecule has 0 radical (unpaired) electrons. The van der Waals surface area contributed by atoms with Gasteiger partial charge in [-0.2, -0.15) is 0 Å². The smallest absolute Gasteiger partial charge is 0.237 e.